The minimum absolute atomic E-state index is 0.0548. The van der Waals surface area contributed by atoms with Crippen molar-refractivity contribution in [3.05, 3.63) is 60.4 Å². The number of anilines is 2. The Morgan fingerprint density at radius 1 is 0.889 bits per heavy atom. The van der Waals surface area contributed by atoms with Crippen LogP contribution in [0, 0.1) is 11.8 Å². The molecule has 0 aliphatic rings. The van der Waals surface area contributed by atoms with Crippen molar-refractivity contribution in [2.24, 2.45) is 11.8 Å². The summed E-state index contributed by atoms with van der Waals surface area (Å²) in [6, 6.07) is 9.41. The number of carboxylic acids is 1. The second-order valence-electron chi connectivity index (χ2n) is 10.4. The highest BCUT2D eigenvalue weighted by atomic mass is 32.2. The van der Waals surface area contributed by atoms with Crippen LogP contribution in [0.15, 0.2) is 59.8 Å². The second-order valence-corrected chi connectivity index (χ2v) is 12.1. The minimum atomic E-state index is -4.01. The summed E-state index contributed by atoms with van der Waals surface area (Å²) in [6.07, 6.45) is 2.42. The quantitative estimate of drug-likeness (QED) is 0.178. The van der Waals surface area contributed by atoms with Crippen molar-refractivity contribution in [2.45, 2.75) is 44.0 Å². The van der Waals surface area contributed by atoms with Crippen molar-refractivity contribution >= 4 is 39.4 Å². The molecule has 14 nitrogen and oxygen atoms in total. The largest absolute Gasteiger partial charge is 0.494 e. The lowest BCUT2D eigenvalue weighted by Gasteiger charge is -2.24. The predicted molar refractivity (Wildman–Crippen MR) is 165 cm³/mol. The van der Waals surface area contributed by atoms with Gasteiger partial charge in [0.15, 0.2) is 17.2 Å². The Labute approximate surface area is 261 Å². The number of hydrogen-bond donors (Lipinski definition) is 4. The van der Waals surface area contributed by atoms with Gasteiger partial charge in [-0.15, -0.1) is 0 Å². The average Bonchev–Trinajstić information content (AvgIpc) is 3.00. The fraction of sp³-hybridized carbons (Fsp3) is 0.367. The molecule has 0 fully saturated rings. The fourth-order valence-electron chi connectivity index (χ4n) is 4.44. The van der Waals surface area contributed by atoms with Gasteiger partial charge in [0.1, 0.15) is 0 Å². The molecule has 2 amide bonds. The molecule has 2 aromatic carbocycles. The van der Waals surface area contributed by atoms with E-state index in [1.165, 1.54) is 58.0 Å². The Hall–Kier alpha value is -4.92. The normalized spacial score (nSPS) is 12.5. The number of aromatic nitrogens is 2. The molecule has 4 N–H and O–H groups in total. The lowest BCUT2D eigenvalue weighted by molar-refractivity contribution is -0.138. The van der Waals surface area contributed by atoms with E-state index in [0.29, 0.717) is 34.9 Å². The monoisotopic (exact) mass is 643 g/mol. The van der Waals surface area contributed by atoms with E-state index in [2.05, 4.69) is 25.3 Å². The van der Waals surface area contributed by atoms with E-state index in [1.54, 1.807) is 18.2 Å². The number of ether oxygens (including phenoxy) is 3. The van der Waals surface area contributed by atoms with E-state index in [9.17, 15) is 27.9 Å². The molecule has 3 aromatic rings. The third-order valence-electron chi connectivity index (χ3n) is 6.60. The standard InChI is InChI=1S/C30H37N5O9S/c1-18(2)12-20(29(39)34-24(15-28(37)38)19-6-11-25(43-4)26(13-19)44-5)14-27(36)33-21-7-9-23(10-8-21)45(40,41)35-30-31-16-22(42-3)17-32-30/h6-11,13,16-18,20,24H,12,14-15H2,1-5H3,(H,33,36)(H,34,39)(H,37,38)(H,31,32,35)/t20?,24-/m0/s1. The molecule has 0 aliphatic heterocycles. The number of hydrogen-bond acceptors (Lipinski definition) is 10. The van der Waals surface area contributed by atoms with Gasteiger partial charge in [-0.1, -0.05) is 19.9 Å². The lowest BCUT2D eigenvalue weighted by Crippen LogP contribution is -2.37. The van der Waals surface area contributed by atoms with Crippen molar-refractivity contribution in [1.82, 2.24) is 15.3 Å². The number of amides is 2. The second kappa shape index (κ2) is 15.7. The van der Waals surface area contributed by atoms with E-state index in [1.807, 2.05) is 13.8 Å². The fourth-order valence-corrected chi connectivity index (χ4v) is 5.40. The van der Waals surface area contributed by atoms with Gasteiger partial charge in [-0.3, -0.25) is 14.4 Å². The molecule has 0 saturated carbocycles. The summed E-state index contributed by atoms with van der Waals surface area (Å²) in [5.41, 5.74) is 0.816. The lowest BCUT2D eigenvalue weighted by atomic mass is 9.92. The minimum Gasteiger partial charge on any atom is -0.494 e. The molecular weight excluding hydrogens is 606 g/mol. The molecule has 1 unspecified atom stereocenters. The smallest absolute Gasteiger partial charge is 0.305 e. The van der Waals surface area contributed by atoms with Crippen LogP contribution in [0.25, 0.3) is 0 Å². The molecule has 15 heteroatoms. The molecule has 2 atom stereocenters. The SMILES string of the molecule is COc1cnc(NS(=O)(=O)c2ccc(NC(=O)CC(CC(C)C)C(=O)N[C@@H](CC(=O)O)c3ccc(OC)c(OC)c3)cc2)nc1. The van der Waals surface area contributed by atoms with Crippen LogP contribution < -0.4 is 29.6 Å². The van der Waals surface area contributed by atoms with Crippen LogP contribution in [-0.4, -0.2) is 62.6 Å². The number of benzene rings is 2. The Kier molecular flexibility index (Phi) is 12.1. The molecule has 0 spiro atoms. The number of sulfonamides is 1. The van der Waals surface area contributed by atoms with Gasteiger partial charge in [-0.2, -0.15) is 0 Å². The molecule has 0 aliphatic carbocycles. The third kappa shape index (κ3) is 10.1. The number of carbonyl (C=O) groups excluding carboxylic acids is 2. The zero-order valence-electron chi connectivity index (χ0n) is 25.6. The maximum Gasteiger partial charge on any atom is 0.305 e. The van der Waals surface area contributed by atoms with Crippen molar-refractivity contribution in [3.8, 4) is 17.2 Å². The van der Waals surface area contributed by atoms with Crippen LogP contribution in [0.1, 0.15) is 44.7 Å². The van der Waals surface area contributed by atoms with Gasteiger partial charge < -0.3 is 30.0 Å². The first-order valence-electron chi connectivity index (χ1n) is 13.9. The van der Waals surface area contributed by atoms with Crippen molar-refractivity contribution in [3.63, 3.8) is 0 Å². The van der Waals surface area contributed by atoms with Crippen LogP contribution in [0.4, 0.5) is 11.6 Å². The number of nitrogens with one attached hydrogen (secondary N) is 3. The van der Waals surface area contributed by atoms with Crippen LogP contribution >= 0.6 is 0 Å². The summed E-state index contributed by atoms with van der Waals surface area (Å²) < 4.78 is 43.3. The number of carboxylic acid groups (broad SMARTS) is 1. The highest BCUT2D eigenvalue weighted by Crippen LogP contribution is 2.31. The molecule has 0 bridgehead atoms. The first-order valence-corrected chi connectivity index (χ1v) is 15.4. The summed E-state index contributed by atoms with van der Waals surface area (Å²) in [5.74, 6) is -1.74. The van der Waals surface area contributed by atoms with Crippen molar-refractivity contribution in [1.29, 1.82) is 0 Å². The van der Waals surface area contributed by atoms with Crippen molar-refractivity contribution < 1.29 is 42.1 Å². The van der Waals surface area contributed by atoms with Crippen LogP contribution in [-0.2, 0) is 24.4 Å². The molecule has 45 heavy (non-hydrogen) atoms. The van der Waals surface area contributed by atoms with E-state index >= 15 is 0 Å². The van der Waals surface area contributed by atoms with Gasteiger partial charge in [-0.05, 0) is 54.3 Å². The van der Waals surface area contributed by atoms with Gasteiger partial charge in [-0.25, -0.2) is 23.1 Å². The van der Waals surface area contributed by atoms with E-state index in [0.717, 1.165) is 0 Å². The number of rotatable bonds is 16. The first kappa shape index (κ1) is 34.6. The first-order chi connectivity index (χ1) is 21.3. The average molecular weight is 644 g/mol. The molecule has 242 valence electrons. The zero-order valence-corrected chi connectivity index (χ0v) is 26.4. The van der Waals surface area contributed by atoms with E-state index in [-0.39, 0.29) is 23.2 Å². The summed E-state index contributed by atoms with van der Waals surface area (Å²) in [6.45, 7) is 3.82. The molecular formula is C30H37N5O9S. The zero-order chi connectivity index (χ0) is 33.1. The van der Waals surface area contributed by atoms with Gasteiger partial charge in [0.25, 0.3) is 10.0 Å². The third-order valence-corrected chi connectivity index (χ3v) is 7.95. The Balaban J connectivity index is 1.70. The molecule has 0 radical (unpaired) electrons. The number of carbonyl (C=O) groups is 3. The summed E-state index contributed by atoms with van der Waals surface area (Å²) in [4.78, 5) is 45.8. The molecule has 1 aromatic heterocycles. The van der Waals surface area contributed by atoms with E-state index in [4.69, 9.17) is 14.2 Å². The highest BCUT2D eigenvalue weighted by Gasteiger charge is 2.27. The molecule has 1 heterocycles. The molecule has 0 saturated heterocycles. The summed E-state index contributed by atoms with van der Waals surface area (Å²) >= 11 is 0. The van der Waals surface area contributed by atoms with E-state index < -0.39 is 46.2 Å². The maximum atomic E-state index is 13.4. The Bertz CT molecular complexity index is 1580. The predicted octanol–water partition coefficient (Wildman–Crippen LogP) is 3.63. The summed E-state index contributed by atoms with van der Waals surface area (Å²) in [7, 11) is 0.344. The Morgan fingerprint density at radius 3 is 2.09 bits per heavy atom. The van der Waals surface area contributed by atoms with Gasteiger partial charge >= 0.3 is 5.97 Å². The number of aliphatic carboxylic acids is 1. The maximum absolute atomic E-state index is 13.4. The van der Waals surface area contributed by atoms with Gasteiger partial charge in [0.2, 0.25) is 17.8 Å². The van der Waals surface area contributed by atoms with Gasteiger partial charge in [0.05, 0.1) is 51.1 Å². The van der Waals surface area contributed by atoms with Crippen LogP contribution in [0.2, 0.25) is 0 Å². The van der Waals surface area contributed by atoms with Crippen molar-refractivity contribution in [2.75, 3.05) is 31.4 Å². The number of nitrogens with zero attached hydrogens (tertiary/aromatic N) is 2. The topological polar surface area (TPSA) is 195 Å². The Morgan fingerprint density at radius 2 is 1.53 bits per heavy atom. The van der Waals surface area contributed by atoms with Crippen LogP contribution in [0.3, 0.4) is 0 Å². The van der Waals surface area contributed by atoms with Gasteiger partial charge in [0, 0.05) is 18.0 Å². The highest BCUT2D eigenvalue weighted by molar-refractivity contribution is 7.92. The number of methoxy groups -OCH3 is 3. The summed E-state index contributed by atoms with van der Waals surface area (Å²) in [5, 5.41) is 15.0. The molecule has 3 rings (SSSR count). The van der Waals surface area contributed by atoms with Crippen LogP contribution in [0.5, 0.6) is 17.2 Å².